The Morgan fingerprint density at radius 3 is 2.54 bits per heavy atom. The third-order valence-corrected chi connectivity index (χ3v) is 8.08. The number of fused-ring (bicyclic) bond motifs is 3. The number of anilines is 3. The third-order valence-electron chi connectivity index (χ3n) is 8.08. The van der Waals surface area contributed by atoms with Gasteiger partial charge in [-0.15, -0.1) is 5.10 Å². The summed E-state index contributed by atoms with van der Waals surface area (Å²) in [5, 5.41) is 8.95. The van der Waals surface area contributed by atoms with Crippen molar-refractivity contribution in [3.05, 3.63) is 96.6 Å². The van der Waals surface area contributed by atoms with Crippen LogP contribution in [0.2, 0.25) is 0 Å². The van der Waals surface area contributed by atoms with E-state index in [1.54, 1.807) is 41.6 Å². The standard InChI is InChI=1S/C34H34N8O4/c1-34(2,3)46-33(44)41-20-25-16-26(41)19-40(25)30-17-24(11-12-37-30)42-28-15-23(32(43)45-21-22-7-5-4-6-8-22)9-10-27(28)31(39-42)38-29-18-35-13-14-36-29/h4-15,17-18,25-26H,16,19-21H2,1-3H3,(H,36,38,39)/t25-,26-/m0/s1. The molecule has 0 aliphatic carbocycles. The van der Waals surface area contributed by atoms with Gasteiger partial charge in [0, 0.05) is 43.1 Å². The molecule has 1 N–H and O–H groups in total. The zero-order chi connectivity index (χ0) is 31.8. The summed E-state index contributed by atoms with van der Waals surface area (Å²) in [5.41, 5.74) is 2.25. The van der Waals surface area contributed by atoms with E-state index in [1.807, 2.05) is 74.2 Å². The van der Waals surface area contributed by atoms with Crippen LogP contribution in [0.3, 0.4) is 0 Å². The Kier molecular flexibility index (Phi) is 7.47. The van der Waals surface area contributed by atoms with Crippen LogP contribution in [0.4, 0.5) is 22.2 Å². The van der Waals surface area contributed by atoms with Gasteiger partial charge in [0.05, 0.1) is 35.0 Å². The molecule has 1 amide bonds. The number of nitrogens with zero attached hydrogens (tertiary/aromatic N) is 7. The SMILES string of the molecule is CC(C)(C)OC(=O)N1C[C@@H]2C[C@H]1CN2c1cc(-n2nc(Nc3cnccn3)c3ccc(C(=O)OCc4ccccc4)cc32)ccn1. The van der Waals surface area contributed by atoms with Crippen molar-refractivity contribution in [3.8, 4) is 5.69 Å². The van der Waals surface area contributed by atoms with Gasteiger partial charge in [0.15, 0.2) is 5.82 Å². The fraction of sp³-hybridized carbons (Fsp3) is 0.294. The molecule has 2 aliphatic heterocycles. The quantitative estimate of drug-likeness (QED) is 0.233. The van der Waals surface area contributed by atoms with E-state index < -0.39 is 11.6 Å². The molecule has 0 spiro atoms. The Bertz CT molecular complexity index is 1890. The van der Waals surface area contributed by atoms with Gasteiger partial charge in [-0.05, 0) is 57.0 Å². The number of carbonyl (C=O) groups excluding carboxylic acids is 2. The molecule has 0 radical (unpaired) electrons. The van der Waals surface area contributed by atoms with E-state index in [0.29, 0.717) is 35.8 Å². The van der Waals surface area contributed by atoms with Crippen molar-refractivity contribution < 1.29 is 19.1 Å². The van der Waals surface area contributed by atoms with E-state index in [1.165, 1.54) is 0 Å². The van der Waals surface area contributed by atoms with Crippen molar-refractivity contribution in [2.45, 2.75) is 51.5 Å². The summed E-state index contributed by atoms with van der Waals surface area (Å²) in [6.07, 6.45) is 7.16. The number of amides is 1. The number of piperazine rings is 1. The van der Waals surface area contributed by atoms with E-state index in [4.69, 9.17) is 19.6 Å². The number of hydrogen-bond acceptors (Lipinski definition) is 10. The maximum Gasteiger partial charge on any atom is 0.410 e. The Balaban J connectivity index is 1.18. The Hall–Kier alpha value is -5.52. The predicted octanol–water partition coefficient (Wildman–Crippen LogP) is 5.51. The molecule has 12 nitrogen and oxygen atoms in total. The first kappa shape index (κ1) is 29.2. The van der Waals surface area contributed by atoms with E-state index >= 15 is 0 Å². The molecule has 3 aromatic heterocycles. The summed E-state index contributed by atoms with van der Waals surface area (Å²) in [6, 6.07) is 19.0. The van der Waals surface area contributed by atoms with Gasteiger partial charge in [-0.25, -0.2) is 24.2 Å². The average molecular weight is 619 g/mol. The summed E-state index contributed by atoms with van der Waals surface area (Å²) in [5.74, 6) is 1.46. The van der Waals surface area contributed by atoms with Gasteiger partial charge in [-0.1, -0.05) is 30.3 Å². The molecule has 2 bridgehead atoms. The molecule has 5 heterocycles. The second-order valence-corrected chi connectivity index (χ2v) is 12.5. The van der Waals surface area contributed by atoms with Crippen molar-refractivity contribution in [2.75, 3.05) is 23.3 Å². The molecule has 46 heavy (non-hydrogen) atoms. The van der Waals surface area contributed by atoms with Gasteiger partial charge in [-0.2, -0.15) is 0 Å². The molecule has 2 saturated heterocycles. The van der Waals surface area contributed by atoms with Crippen LogP contribution < -0.4 is 10.2 Å². The molecule has 2 aliphatic rings. The fourth-order valence-electron chi connectivity index (χ4n) is 6.01. The van der Waals surface area contributed by atoms with E-state index in [9.17, 15) is 9.59 Å². The van der Waals surface area contributed by atoms with Crippen LogP contribution in [0.15, 0.2) is 85.5 Å². The second kappa shape index (κ2) is 11.8. The van der Waals surface area contributed by atoms with Gasteiger partial charge in [0.1, 0.15) is 23.8 Å². The average Bonchev–Trinajstić information content (AvgIpc) is 3.77. The lowest BCUT2D eigenvalue weighted by atomic mass is 10.1. The molecule has 2 atom stereocenters. The van der Waals surface area contributed by atoms with Gasteiger partial charge in [0.25, 0.3) is 0 Å². The normalized spacial score (nSPS) is 17.4. The highest BCUT2D eigenvalue weighted by Gasteiger charge is 2.47. The molecular formula is C34H34N8O4. The minimum atomic E-state index is -0.541. The smallest absolute Gasteiger partial charge is 0.410 e. The maximum absolute atomic E-state index is 13.1. The Morgan fingerprint density at radius 1 is 0.957 bits per heavy atom. The number of esters is 1. The summed E-state index contributed by atoms with van der Waals surface area (Å²) >= 11 is 0. The van der Waals surface area contributed by atoms with Gasteiger partial charge >= 0.3 is 12.1 Å². The van der Waals surface area contributed by atoms with Crippen LogP contribution in [0.25, 0.3) is 16.6 Å². The monoisotopic (exact) mass is 618 g/mol. The maximum atomic E-state index is 13.1. The minimum Gasteiger partial charge on any atom is -0.457 e. The number of benzene rings is 2. The lowest BCUT2D eigenvalue weighted by Gasteiger charge is -2.35. The molecule has 234 valence electrons. The van der Waals surface area contributed by atoms with Gasteiger partial charge in [0.2, 0.25) is 0 Å². The Morgan fingerprint density at radius 2 is 1.80 bits per heavy atom. The van der Waals surface area contributed by atoms with Crippen LogP contribution >= 0.6 is 0 Å². The number of nitrogens with one attached hydrogen (secondary N) is 1. The highest BCUT2D eigenvalue weighted by atomic mass is 16.6. The predicted molar refractivity (Wildman–Crippen MR) is 172 cm³/mol. The lowest BCUT2D eigenvalue weighted by molar-refractivity contribution is 0.0214. The molecule has 2 aromatic carbocycles. The summed E-state index contributed by atoms with van der Waals surface area (Å²) in [4.78, 5) is 43.2. The van der Waals surface area contributed by atoms with Crippen molar-refractivity contribution >= 4 is 40.4 Å². The van der Waals surface area contributed by atoms with E-state index in [-0.39, 0.29) is 24.8 Å². The molecule has 0 unspecified atom stereocenters. The van der Waals surface area contributed by atoms with Crippen molar-refractivity contribution in [1.82, 2.24) is 29.6 Å². The first-order valence-corrected chi connectivity index (χ1v) is 15.2. The lowest BCUT2D eigenvalue weighted by Crippen LogP contribution is -2.50. The molecule has 0 saturated carbocycles. The molecule has 2 fully saturated rings. The summed E-state index contributed by atoms with van der Waals surface area (Å²) < 4.78 is 13.0. The van der Waals surface area contributed by atoms with Crippen molar-refractivity contribution in [3.63, 3.8) is 0 Å². The first-order chi connectivity index (χ1) is 22.2. The highest BCUT2D eigenvalue weighted by molar-refractivity contribution is 5.99. The summed E-state index contributed by atoms with van der Waals surface area (Å²) in [6.45, 7) is 7.06. The minimum absolute atomic E-state index is 0.0584. The molecular weight excluding hydrogens is 584 g/mol. The number of ether oxygens (including phenoxy) is 2. The van der Waals surface area contributed by atoms with E-state index in [0.717, 1.165) is 28.9 Å². The Labute approximate surface area is 266 Å². The van der Waals surface area contributed by atoms with Crippen LogP contribution in [-0.4, -0.2) is 72.5 Å². The topological polar surface area (TPSA) is 128 Å². The van der Waals surface area contributed by atoms with Crippen LogP contribution in [-0.2, 0) is 16.1 Å². The van der Waals surface area contributed by atoms with Crippen molar-refractivity contribution in [1.29, 1.82) is 0 Å². The number of likely N-dealkylation sites (tertiary alicyclic amines) is 1. The fourth-order valence-corrected chi connectivity index (χ4v) is 6.01. The second-order valence-electron chi connectivity index (χ2n) is 12.5. The number of aromatic nitrogens is 5. The summed E-state index contributed by atoms with van der Waals surface area (Å²) in [7, 11) is 0. The van der Waals surface area contributed by atoms with Crippen LogP contribution in [0.1, 0.15) is 43.1 Å². The number of hydrogen-bond donors (Lipinski definition) is 1. The van der Waals surface area contributed by atoms with E-state index in [2.05, 4.69) is 20.2 Å². The van der Waals surface area contributed by atoms with Gasteiger partial charge in [-0.3, -0.25) is 4.98 Å². The number of pyridine rings is 1. The first-order valence-electron chi connectivity index (χ1n) is 15.2. The largest absolute Gasteiger partial charge is 0.457 e. The highest BCUT2D eigenvalue weighted by Crippen LogP contribution is 2.36. The third kappa shape index (κ3) is 5.93. The zero-order valence-corrected chi connectivity index (χ0v) is 25.8. The van der Waals surface area contributed by atoms with Crippen LogP contribution in [0, 0.1) is 0 Å². The molecule has 5 aromatic rings. The van der Waals surface area contributed by atoms with Gasteiger partial charge < -0.3 is 24.6 Å². The van der Waals surface area contributed by atoms with Crippen molar-refractivity contribution in [2.24, 2.45) is 0 Å². The zero-order valence-electron chi connectivity index (χ0n) is 25.8. The van der Waals surface area contributed by atoms with Crippen LogP contribution in [0.5, 0.6) is 0 Å². The molecule has 12 heteroatoms. The number of carbonyl (C=O) groups is 2. The molecule has 7 rings (SSSR count). The number of rotatable bonds is 7.